The minimum atomic E-state index is 0.557. The molecule has 0 saturated carbocycles. The summed E-state index contributed by atoms with van der Waals surface area (Å²) in [5, 5.41) is 0.602. The molecule has 0 bridgehead atoms. The Morgan fingerprint density at radius 3 is 2.70 bits per heavy atom. The molecule has 6 heteroatoms. The molecule has 0 aliphatic rings. The van der Waals surface area contributed by atoms with Crippen LogP contribution in [0.4, 0.5) is 5.82 Å². The average molecular weight is 293 g/mol. The van der Waals surface area contributed by atoms with E-state index in [2.05, 4.69) is 15.4 Å². The number of aromatic nitrogens is 2. The summed E-state index contributed by atoms with van der Waals surface area (Å²) in [7, 11) is 1.59. The van der Waals surface area contributed by atoms with Gasteiger partial charge in [0.25, 0.3) is 0 Å². The SMILES string of the molecule is CCc1c(C)nc(-c2ccc(Cl)cc2OC)nc1NN. The molecule has 2 aromatic rings. The highest BCUT2D eigenvalue weighted by Crippen LogP contribution is 2.31. The highest BCUT2D eigenvalue weighted by molar-refractivity contribution is 6.30. The Morgan fingerprint density at radius 2 is 2.10 bits per heavy atom. The van der Waals surface area contributed by atoms with Gasteiger partial charge < -0.3 is 10.2 Å². The zero-order chi connectivity index (χ0) is 14.7. The maximum atomic E-state index is 5.97. The number of aryl methyl sites for hydroxylation is 1. The predicted octanol–water partition coefficient (Wildman–Crippen LogP) is 2.96. The molecule has 1 aromatic carbocycles. The smallest absolute Gasteiger partial charge is 0.165 e. The minimum Gasteiger partial charge on any atom is -0.496 e. The van der Waals surface area contributed by atoms with E-state index in [1.165, 1.54) is 0 Å². The molecule has 0 radical (unpaired) electrons. The van der Waals surface area contributed by atoms with Crippen LogP contribution in [0, 0.1) is 6.92 Å². The summed E-state index contributed by atoms with van der Waals surface area (Å²) < 4.78 is 5.33. The highest BCUT2D eigenvalue weighted by Gasteiger charge is 2.14. The van der Waals surface area contributed by atoms with Gasteiger partial charge in [-0.05, 0) is 31.5 Å². The van der Waals surface area contributed by atoms with Gasteiger partial charge in [-0.3, -0.25) is 0 Å². The standard InChI is InChI=1S/C14H17ClN4O/c1-4-10-8(2)17-13(18-14(10)19-16)11-6-5-9(15)7-12(11)20-3/h5-7H,4,16H2,1-3H3,(H,17,18,19). The van der Waals surface area contributed by atoms with E-state index in [1.807, 2.05) is 19.9 Å². The largest absolute Gasteiger partial charge is 0.496 e. The molecule has 0 amide bonds. The molecule has 1 aromatic heterocycles. The Kier molecular flexibility index (Phi) is 4.42. The lowest BCUT2D eigenvalue weighted by atomic mass is 10.1. The van der Waals surface area contributed by atoms with Crippen LogP contribution in [0.3, 0.4) is 0 Å². The number of nitrogen functional groups attached to an aromatic ring is 1. The van der Waals surface area contributed by atoms with Crippen molar-refractivity contribution in [2.75, 3.05) is 12.5 Å². The molecule has 5 nitrogen and oxygen atoms in total. The molecule has 0 atom stereocenters. The van der Waals surface area contributed by atoms with Gasteiger partial charge in [-0.1, -0.05) is 18.5 Å². The van der Waals surface area contributed by atoms with Gasteiger partial charge in [-0.25, -0.2) is 15.8 Å². The van der Waals surface area contributed by atoms with Crippen LogP contribution in [0.25, 0.3) is 11.4 Å². The van der Waals surface area contributed by atoms with E-state index in [4.69, 9.17) is 22.2 Å². The van der Waals surface area contributed by atoms with Crippen LogP contribution in [0.5, 0.6) is 5.75 Å². The zero-order valence-corrected chi connectivity index (χ0v) is 12.5. The van der Waals surface area contributed by atoms with Crippen molar-refractivity contribution < 1.29 is 4.74 Å². The molecule has 0 aliphatic carbocycles. The second-order valence-corrected chi connectivity index (χ2v) is 4.74. The van der Waals surface area contributed by atoms with Crippen LogP contribution < -0.4 is 16.0 Å². The number of ether oxygens (including phenoxy) is 1. The number of hydrazine groups is 1. The van der Waals surface area contributed by atoms with Crippen LogP contribution in [0.15, 0.2) is 18.2 Å². The highest BCUT2D eigenvalue weighted by atomic mass is 35.5. The van der Waals surface area contributed by atoms with Gasteiger partial charge in [0.1, 0.15) is 11.6 Å². The second kappa shape index (κ2) is 6.07. The van der Waals surface area contributed by atoms with Crippen LogP contribution in [0.1, 0.15) is 18.2 Å². The van der Waals surface area contributed by atoms with E-state index >= 15 is 0 Å². The van der Waals surface area contributed by atoms with Gasteiger partial charge in [-0.2, -0.15) is 0 Å². The molecule has 0 saturated heterocycles. The lowest BCUT2D eigenvalue weighted by Gasteiger charge is -2.13. The minimum absolute atomic E-state index is 0.557. The Hall–Kier alpha value is -1.85. The van der Waals surface area contributed by atoms with Crippen LogP contribution >= 0.6 is 11.6 Å². The Bertz CT molecular complexity index is 631. The molecule has 0 aliphatic heterocycles. The van der Waals surface area contributed by atoms with Crippen LogP contribution in [0.2, 0.25) is 5.02 Å². The zero-order valence-electron chi connectivity index (χ0n) is 11.7. The topological polar surface area (TPSA) is 73.1 Å². The summed E-state index contributed by atoms with van der Waals surface area (Å²) in [5.74, 6) is 7.36. The first-order chi connectivity index (χ1) is 9.60. The number of nitrogens with one attached hydrogen (secondary N) is 1. The number of methoxy groups -OCH3 is 1. The summed E-state index contributed by atoms with van der Waals surface area (Å²) in [5.41, 5.74) is 5.30. The quantitative estimate of drug-likeness (QED) is 0.669. The van der Waals surface area contributed by atoms with Crippen molar-refractivity contribution in [3.8, 4) is 17.1 Å². The lowest BCUT2D eigenvalue weighted by molar-refractivity contribution is 0.416. The number of benzene rings is 1. The van der Waals surface area contributed by atoms with Gasteiger partial charge in [0, 0.05) is 16.3 Å². The molecule has 3 N–H and O–H groups in total. The van der Waals surface area contributed by atoms with Gasteiger partial charge >= 0.3 is 0 Å². The van der Waals surface area contributed by atoms with Gasteiger partial charge in [-0.15, -0.1) is 0 Å². The maximum Gasteiger partial charge on any atom is 0.165 e. The monoisotopic (exact) mass is 292 g/mol. The van der Waals surface area contributed by atoms with Crippen LogP contribution in [-0.4, -0.2) is 17.1 Å². The van der Waals surface area contributed by atoms with Crippen LogP contribution in [-0.2, 0) is 6.42 Å². The Labute approximate surface area is 123 Å². The molecule has 0 unspecified atom stereocenters. The number of hydrogen-bond donors (Lipinski definition) is 2. The molecule has 2 rings (SSSR count). The second-order valence-electron chi connectivity index (χ2n) is 4.30. The fraction of sp³-hybridized carbons (Fsp3) is 0.286. The van der Waals surface area contributed by atoms with Crippen molar-refractivity contribution in [2.45, 2.75) is 20.3 Å². The van der Waals surface area contributed by atoms with E-state index in [0.717, 1.165) is 23.2 Å². The predicted molar refractivity (Wildman–Crippen MR) is 81.0 cm³/mol. The maximum absolute atomic E-state index is 5.97. The van der Waals surface area contributed by atoms with E-state index in [0.29, 0.717) is 22.4 Å². The molecule has 20 heavy (non-hydrogen) atoms. The van der Waals surface area contributed by atoms with Gasteiger partial charge in [0.05, 0.1) is 12.7 Å². The third kappa shape index (κ3) is 2.69. The average Bonchev–Trinajstić information content (AvgIpc) is 2.46. The van der Waals surface area contributed by atoms with E-state index in [-0.39, 0.29) is 0 Å². The summed E-state index contributed by atoms with van der Waals surface area (Å²) in [6.07, 6.45) is 0.809. The van der Waals surface area contributed by atoms with E-state index in [9.17, 15) is 0 Å². The van der Waals surface area contributed by atoms with Crippen molar-refractivity contribution in [2.24, 2.45) is 5.84 Å². The van der Waals surface area contributed by atoms with Crippen molar-refractivity contribution >= 4 is 17.4 Å². The summed E-state index contributed by atoms with van der Waals surface area (Å²) in [6.45, 7) is 3.97. The first kappa shape index (κ1) is 14.6. The number of nitrogens with two attached hydrogens (primary N) is 1. The van der Waals surface area contributed by atoms with E-state index < -0.39 is 0 Å². The molecule has 1 heterocycles. The first-order valence-corrected chi connectivity index (χ1v) is 6.66. The summed E-state index contributed by atoms with van der Waals surface area (Å²) in [6, 6.07) is 5.35. The normalized spacial score (nSPS) is 10.4. The molecular formula is C14H17ClN4O. The number of hydrogen-bond acceptors (Lipinski definition) is 5. The van der Waals surface area contributed by atoms with Crippen molar-refractivity contribution in [1.82, 2.24) is 9.97 Å². The van der Waals surface area contributed by atoms with Crippen molar-refractivity contribution in [1.29, 1.82) is 0 Å². The lowest BCUT2D eigenvalue weighted by Crippen LogP contribution is -2.13. The Balaban J connectivity index is 2.61. The third-order valence-electron chi connectivity index (χ3n) is 3.11. The van der Waals surface area contributed by atoms with Gasteiger partial charge in [0.2, 0.25) is 0 Å². The van der Waals surface area contributed by atoms with Crippen molar-refractivity contribution in [3.05, 3.63) is 34.5 Å². The van der Waals surface area contributed by atoms with Gasteiger partial charge in [0.15, 0.2) is 5.82 Å². The number of rotatable bonds is 4. The number of halogens is 1. The number of anilines is 1. The summed E-state index contributed by atoms with van der Waals surface area (Å²) >= 11 is 5.97. The molecule has 0 fully saturated rings. The van der Waals surface area contributed by atoms with Crippen molar-refractivity contribution in [3.63, 3.8) is 0 Å². The first-order valence-electron chi connectivity index (χ1n) is 6.28. The van der Waals surface area contributed by atoms with E-state index in [1.54, 1.807) is 19.2 Å². The summed E-state index contributed by atoms with van der Waals surface area (Å²) in [4.78, 5) is 8.99. The fourth-order valence-corrected chi connectivity index (χ4v) is 2.27. The molecule has 106 valence electrons. The molecular weight excluding hydrogens is 276 g/mol. The Morgan fingerprint density at radius 1 is 1.35 bits per heavy atom. The molecule has 0 spiro atoms. The third-order valence-corrected chi connectivity index (χ3v) is 3.34. The fourth-order valence-electron chi connectivity index (χ4n) is 2.11. The number of nitrogens with zero attached hydrogens (tertiary/aromatic N) is 2.